The van der Waals surface area contributed by atoms with Gasteiger partial charge in [-0.3, -0.25) is 4.79 Å². The van der Waals surface area contributed by atoms with Crippen molar-refractivity contribution in [2.75, 3.05) is 5.32 Å². The molecule has 126 valence electrons. The van der Waals surface area contributed by atoms with E-state index in [4.69, 9.17) is 27.9 Å². The smallest absolute Gasteiger partial charge is 0.341 e. The summed E-state index contributed by atoms with van der Waals surface area (Å²) in [5.74, 6) is -3.65. The first-order valence-corrected chi connectivity index (χ1v) is 7.45. The Balaban J connectivity index is 2.04. The maximum absolute atomic E-state index is 13.5. The largest absolute Gasteiger partial charge is 0.449 e. The van der Waals surface area contributed by atoms with Crippen LogP contribution < -0.4 is 5.32 Å². The van der Waals surface area contributed by atoms with E-state index >= 15 is 0 Å². The molecule has 8 heteroatoms. The van der Waals surface area contributed by atoms with Crippen molar-refractivity contribution >= 4 is 40.8 Å². The van der Waals surface area contributed by atoms with E-state index < -0.39 is 35.2 Å². The molecule has 4 nitrogen and oxygen atoms in total. The SMILES string of the molecule is CC(OC(=O)c1ccc(F)cc1F)C(=O)Nc1cc(Cl)cc(Cl)c1. The molecule has 0 saturated heterocycles. The topological polar surface area (TPSA) is 55.4 Å². The lowest BCUT2D eigenvalue weighted by Gasteiger charge is -2.14. The molecule has 1 N–H and O–H groups in total. The third kappa shape index (κ3) is 4.66. The predicted octanol–water partition coefficient (Wildman–Crippen LogP) is 4.46. The lowest BCUT2D eigenvalue weighted by Crippen LogP contribution is -2.30. The van der Waals surface area contributed by atoms with E-state index in [0.717, 1.165) is 12.1 Å². The van der Waals surface area contributed by atoms with Crippen molar-refractivity contribution in [1.29, 1.82) is 0 Å². The molecule has 0 radical (unpaired) electrons. The molecule has 0 spiro atoms. The normalized spacial score (nSPS) is 11.7. The summed E-state index contributed by atoms with van der Waals surface area (Å²) in [6.07, 6.45) is -1.22. The van der Waals surface area contributed by atoms with E-state index in [1.807, 2.05) is 0 Å². The van der Waals surface area contributed by atoms with Crippen LogP contribution in [0, 0.1) is 11.6 Å². The number of hydrogen-bond donors (Lipinski definition) is 1. The number of amides is 1. The Morgan fingerprint density at radius 3 is 2.29 bits per heavy atom. The lowest BCUT2D eigenvalue weighted by atomic mass is 10.2. The number of halogens is 4. The highest BCUT2D eigenvalue weighted by atomic mass is 35.5. The number of anilines is 1. The Bertz CT molecular complexity index is 779. The van der Waals surface area contributed by atoms with E-state index in [0.29, 0.717) is 21.8 Å². The van der Waals surface area contributed by atoms with E-state index in [2.05, 4.69) is 5.32 Å². The molecule has 0 saturated carbocycles. The van der Waals surface area contributed by atoms with Gasteiger partial charge >= 0.3 is 5.97 Å². The van der Waals surface area contributed by atoms with Gasteiger partial charge in [0.25, 0.3) is 5.91 Å². The van der Waals surface area contributed by atoms with E-state index in [1.54, 1.807) is 0 Å². The Labute approximate surface area is 146 Å². The standard InChI is InChI=1S/C16H11Cl2F2NO3/c1-8(15(22)21-12-5-9(17)4-10(18)6-12)24-16(23)13-3-2-11(19)7-14(13)20/h2-8H,1H3,(H,21,22). The minimum atomic E-state index is -1.22. The molecule has 1 amide bonds. The number of ether oxygens (including phenoxy) is 1. The zero-order valence-electron chi connectivity index (χ0n) is 12.3. The van der Waals surface area contributed by atoms with Gasteiger partial charge in [0.05, 0.1) is 5.56 Å². The summed E-state index contributed by atoms with van der Waals surface area (Å²) in [5, 5.41) is 3.10. The highest BCUT2D eigenvalue weighted by Gasteiger charge is 2.21. The number of hydrogen-bond acceptors (Lipinski definition) is 3. The van der Waals surface area contributed by atoms with Gasteiger partial charge in [0.2, 0.25) is 0 Å². The minimum absolute atomic E-state index is 0.313. The van der Waals surface area contributed by atoms with Crippen LogP contribution in [0.5, 0.6) is 0 Å². The van der Waals surface area contributed by atoms with Crippen LogP contribution in [0.15, 0.2) is 36.4 Å². The van der Waals surface area contributed by atoms with Gasteiger partial charge in [-0.25, -0.2) is 13.6 Å². The van der Waals surface area contributed by atoms with Gasteiger partial charge in [-0.15, -0.1) is 0 Å². The number of esters is 1. The summed E-state index contributed by atoms with van der Waals surface area (Å²) in [4.78, 5) is 23.9. The van der Waals surface area contributed by atoms with Crippen LogP contribution in [0.1, 0.15) is 17.3 Å². The van der Waals surface area contributed by atoms with Crippen LogP contribution in [0.2, 0.25) is 10.0 Å². The molecule has 0 aliphatic rings. The summed E-state index contributed by atoms with van der Waals surface area (Å²) < 4.78 is 31.2. The number of carbonyl (C=O) groups is 2. The fourth-order valence-electron chi connectivity index (χ4n) is 1.80. The quantitative estimate of drug-likeness (QED) is 0.805. The highest BCUT2D eigenvalue weighted by Crippen LogP contribution is 2.22. The van der Waals surface area contributed by atoms with Crippen LogP contribution in [-0.4, -0.2) is 18.0 Å². The average molecular weight is 374 g/mol. The molecular formula is C16H11Cl2F2NO3. The third-order valence-electron chi connectivity index (χ3n) is 2.93. The van der Waals surface area contributed by atoms with Crippen LogP contribution in [-0.2, 0) is 9.53 Å². The zero-order chi connectivity index (χ0) is 17.9. The van der Waals surface area contributed by atoms with Crippen LogP contribution in [0.3, 0.4) is 0 Å². The second-order valence-electron chi connectivity index (χ2n) is 4.82. The molecule has 0 aromatic heterocycles. The number of nitrogens with one attached hydrogen (secondary N) is 1. The third-order valence-corrected chi connectivity index (χ3v) is 3.37. The summed E-state index contributed by atoms with van der Waals surface area (Å²) in [5.41, 5.74) is -0.157. The highest BCUT2D eigenvalue weighted by molar-refractivity contribution is 6.35. The first-order valence-electron chi connectivity index (χ1n) is 6.69. The average Bonchev–Trinajstić information content (AvgIpc) is 2.45. The molecule has 24 heavy (non-hydrogen) atoms. The molecule has 0 bridgehead atoms. The van der Waals surface area contributed by atoms with Crippen molar-refractivity contribution in [3.05, 3.63) is 63.6 Å². The second-order valence-corrected chi connectivity index (χ2v) is 5.69. The molecular weight excluding hydrogens is 363 g/mol. The second kappa shape index (κ2) is 7.59. The van der Waals surface area contributed by atoms with E-state index in [-0.39, 0.29) is 0 Å². The fourth-order valence-corrected chi connectivity index (χ4v) is 2.33. The molecule has 0 heterocycles. The predicted molar refractivity (Wildman–Crippen MR) is 86.3 cm³/mol. The van der Waals surface area contributed by atoms with Crippen molar-refractivity contribution in [3.8, 4) is 0 Å². The summed E-state index contributed by atoms with van der Waals surface area (Å²) in [6, 6.07) is 6.81. The van der Waals surface area contributed by atoms with Crippen LogP contribution in [0.4, 0.5) is 14.5 Å². The minimum Gasteiger partial charge on any atom is -0.449 e. The molecule has 0 aliphatic carbocycles. The van der Waals surface area contributed by atoms with Crippen LogP contribution in [0.25, 0.3) is 0 Å². The molecule has 1 atom stereocenters. The maximum Gasteiger partial charge on any atom is 0.341 e. The summed E-state index contributed by atoms with van der Waals surface area (Å²) in [7, 11) is 0. The summed E-state index contributed by atoms with van der Waals surface area (Å²) >= 11 is 11.6. The van der Waals surface area contributed by atoms with Gasteiger partial charge < -0.3 is 10.1 Å². The first-order chi connectivity index (χ1) is 11.3. The Hall–Kier alpha value is -2.18. The summed E-state index contributed by atoms with van der Waals surface area (Å²) in [6.45, 7) is 1.31. The van der Waals surface area contributed by atoms with Gasteiger partial charge in [-0.2, -0.15) is 0 Å². The van der Waals surface area contributed by atoms with E-state index in [9.17, 15) is 18.4 Å². The number of carbonyl (C=O) groups excluding carboxylic acids is 2. The molecule has 0 aliphatic heterocycles. The molecule has 2 aromatic rings. The maximum atomic E-state index is 13.5. The number of benzene rings is 2. The fraction of sp³-hybridized carbons (Fsp3) is 0.125. The Kier molecular flexibility index (Phi) is 5.75. The Morgan fingerprint density at radius 1 is 1.08 bits per heavy atom. The molecule has 0 fully saturated rings. The van der Waals surface area contributed by atoms with Crippen molar-refractivity contribution in [1.82, 2.24) is 0 Å². The molecule has 1 unspecified atom stereocenters. The Morgan fingerprint density at radius 2 is 1.71 bits per heavy atom. The van der Waals surface area contributed by atoms with Crippen molar-refractivity contribution in [2.45, 2.75) is 13.0 Å². The number of rotatable bonds is 4. The molecule has 2 rings (SSSR count). The monoisotopic (exact) mass is 373 g/mol. The van der Waals surface area contributed by atoms with Crippen LogP contribution >= 0.6 is 23.2 Å². The van der Waals surface area contributed by atoms with Gasteiger partial charge in [0, 0.05) is 21.8 Å². The van der Waals surface area contributed by atoms with Gasteiger partial charge in [0.15, 0.2) is 6.10 Å². The lowest BCUT2D eigenvalue weighted by molar-refractivity contribution is -0.123. The van der Waals surface area contributed by atoms with Gasteiger partial charge in [-0.05, 0) is 37.3 Å². The van der Waals surface area contributed by atoms with E-state index in [1.165, 1.54) is 25.1 Å². The van der Waals surface area contributed by atoms with Gasteiger partial charge in [0.1, 0.15) is 11.6 Å². The van der Waals surface area contributed by atoms with Gasteiger partial charge in [-0.1, -0.05) is 23.2 Å². The molecule has 2 aromatic carbocycles. The zero-order valence-corrected chi connectivity index (χ0v) is 13.8. The first kappa shape index (κ1) is 18.2. The van der Waals surface area contributed by atoms with Crippen molar-refractivity contribution in [2.24, 2.45) is 0 Å². The van der Waals surface area contributed by atoms with Crippen molar-refractivity contribution < 1.29 is 23.1 Å². The van der Waals surface area contributed by atoms with Crippen molar-refractivity contribution in [3.63, 3.8) is 0 Å².